The van der Waals surface area contributed by atoms with Crippen LogP contribution in [0.15, 0.2) is 59.5 Å². The molecule has 0 atom stereocenters. The molecule has 5 nitrogen and oxygen atoms in total. The molecule has 0 radical (unpaired) electrons. The van der Waals surface area contributed by atoms with Crippen molar-refractivity contribution in [1.82, 2.24) is 9.80 Å². The summed E-state index contributed by atoms with van der Waals surface area (Å²) in [4.78, 5) is 28.9. The minimum Gasteiger partial charge on any atom is -0.338 e. The summed E-state index contributed by atoms with van der Waals surface area (Å²) in [7, 11) is 0. The van der Waals surface area contributed by atoms with Crippen molar-refractivity contribution < 1.29 is 14.0 Å². The number of para-hydroxylation sites is 1. The largest absolute Gasteiger partial charge is 0.338 e. The van der Waals surface area contributed by atoms with Crippen molar-refractivity contribution in [2.75, 3.05) is 37.2 Å². The number of thioether (sulfide) groups is 1. The van der Waals surface area contributed by atoms with E-state index in [0.29, 0.717) is 31.9 Å². The Morgan fingerprint density at radius 1 is 0.923 bits per heavy atom. The lowest BCUT2D eigenvalue weighted by Crippen LogP contribution is -2.52. The summed E-state index contributed by atoms with van der Waals surface area (Å²) in [5.74, 6) is 0.0509. The monoisotopic (exact) mass is 373 g/mol. The number of nitrogens with one attached hydrogen (secondary N) is 1. The predicted molar refractivity (Wildman–Crippen MR) is 101 cm³/mol. The summed E-state index contributed by atoms with van der Waals surface area (Å²) in [6.07, 6.45) is 0. The molecule has 1 heterocycles. The molecule has 1 aliphatic heterocycles. The number of anilines is 1. The molecular weight excluding hydrogens is 353 g/mol. The van der Waals surface area contributed by atoms with E-state index in [9.17, 15) is 14.0 Å². The molecule has 1 saturated heterocycles. The second-order valence-corrected chi connectivity index (χ2v) is 6.96. The highest BCUT2D eigenvalue weighted by Gasteiger charge is 2.24. The maximum absolute atomic E-state index is 12.9. The van der Waals surface area contributed by atoms with E-state index in [2.05, 4.69) is 5.32 Å². The van der Waals surface area contributed by atoms with Crippen molar-refractivity contribution in [3.63, 3.8) is 0 Å². The summed E-state index contributed by atoms with van der Waals surface area (Å²) in [5.41, 5.74) is 0.756. The Morgan fingerprint density at radius 2 is 1.54 bits per heavy atom. The number of amides is 3. The highest BCUT2D eigenvalue weighted by molar-refractivity contribution is 8.00. The van der Waals surface area contributed by atoms with Crippen LogP contribution in [0.3, 0.4) is 0 Å². The van der Waals surface area contributed by atoms with Crippen molar-refractivity contribution in [3.8, 4) is 0 Å². The number of hydrogen-bond donors (Lipinski definition) is 1. The van der Waals surface area contributed by atoms with Crippen LogP contribution < -0.4 is 5.32 Å². The van der Waals surface area contributed by atoms with Crippen LogP contribution in [0.1, 0.15) is 0 Å². The van der Waals surface area contributed by atoms with Gasteiger partial charge in [-0.05, 0) is 36.4 Å². The van der Waals surface area contributed by atoms with Crippen molar-refractivity contribution in [2.24, 2.45) is 0 Å². The van der Waals surface area contributed by atoms with Crippen LogP contribution >= 0.6 is 11.8 Å². The molecule has 0 unspecified atom stereocenters. The molecule has 0 spiro atoms. The number of carbonyl (C=O) groups is 2. The van der Waals surface area contributed by atoms with Crippen LogP contribution in [0, 0.1) is 5.82 Å². The number of nitrogens with zero attached hydrogens (tertiary/aromatic N) is 2. The minimum absolute atomic E-state index is 0.0300. The highest BCUT2D eigenvalue weighted by atomic mass is 32.2. The Morgan fingerprint density at radius 3 is 2.19 bits per heavy atom. The molecule has 0 aromatic heterocycles. The molecule has 136 valence electrons. The predicted octanol–water partition coefficient (Wildman–Crippen LogP) is 3.29. The fraction of sp³-hybridized carbons (Fsp3) is 0.263. The minimum atomic E-state index is -0.287. The maximum atomic E-state index is 12.9. The van der Waals surface area contributed by atoms with E-state index in [1.54, 1.807) is 21.9 Å². The molecule has 1 N–H and O–H groups in total. The van der Waals surface area contributed by atoms with Crippen LogP contribution in [0.4, 0.5) is 14.9 Å². The molecule has 1 fully saturated rings. The lowest BCUT2D eigenvalue weighted by Gasteiger charge is -2.34. The van der Waals surface area contributed by atoms with E-state index in [-0.39, 0.29) is 17.8 Å². The van der Waals surface area contributed by atoms with E-state index in [4.69, 9.17) is 0 Å². The molecule has 0 bridgehead atoms. The first-order valence-corrected chi connectivity index (χ1v) is 9.37. The molecule has 0 saturated carbocycles. The number of piperazine rings is 1. The summed E-state index contributed by atoms with van der Waals surface area (Å²) in [6.45, 7) is 2.05. The van der Waals surface area contributed by atoms with Crippen LogP contribution in [-0.2, 0) is 4.79 Å². The van der Waals surface area contributed by atoms with Crippen molar-refractivity contribution in [2.45, 2.75) is 4.90 Å². The summed E-state index contributed by atoms with van der Waals surface area (Å²) >= 11 is 1.39. The average molecular weight is 373 g/mol. The van der Waals surface area contributed by atoms with Gasteiger partial charge >= 0.3 is 6.03 Å². The Hall–Kier alpha value is -2.54. The zero-order valence-corrected chi connectivity index (χ0v) is 15.0. The average Bonchev–Trinajstić information content (AvgIpc) is 2.68. The first kappa shape index (κ1) is 18.3. The molecule has 7 heteroatoms. The van der Waals surface area contributed by atoms with Gasteiger partial charge < -0.3 is 15.1 Å². The van der Waals surface area contributed by atoms with E-state index in [1.807, 2.05) is 30.3 Å². The third kappa shape index (κ3) is 4.98. The van der Waals surface area contributed by atoms with Crippen LogP contribution in [-0.4, -0.2) is 53.7 Å². The van der Waals surface area contributed by atoms with Gasteiger partial charge in [-0.3, -0.25) is 4.79 Å². The topological polar surface area (TPSA) is 52.7 Å². The molecule has 3 amide bonds. The molecule has 0 aliphatic carbocycles. The van der Waals surface area contributed by atoms with Gasteiger partial charge in [-0.2, -0.15) is 0 Å². The first-order valence-electron chi connectivity index (χ1n) is 8.39. The first-order chi connectivity index (χ1) is 12.6. The molecule has 2 aromatic carbocycles. The van der Waals surface area contributed by atoms with Crippen LogP contribution in [0.25, 0.3) is 0 Å². The second-order valence-electron chi connectivity index (χ2n) is 5.91. The van der Waals surface area contributed by atoms with Crippen molar-refractivity contribution in [3.05, 3.63) is 60.4 Å². The summed E-state index contributed by atoms with van der Waals surface area (Å²) in [6, 6.07) is 15.3. The number of urea groups is 1. The zero-order chi connectivity index (χ0) is 18.4. The van der Waals surface area contributed by atoms with Gasteiger partial charge in [-0.25, -0.2) is 9.18 Å². The van der Waals surface area contributed by atoms with Gasteiger partial charge in [0.05, 0.1) is 5.75 Å². The van der Waals surface area contributed by atoms with Crippen molar-refractivity contribution in [1.29, 1.82) is 0 Å². The fourth-order valence-electron chi connectivity index (χ4n) is 2.65. The number of benzene rings is 2. The third-order valence-electron chi connectivity index (χ3n) is 4.12. The third-order valence-corrected chi connectivity index (χ3v) is 5.12. The lowest BCUT2D eigenvalue weighted by molar-refractivity contribution is -0.129. The smallest absolute Gasteiger partial charge is 0.321 e. The van der Waals surface area contributed by atoms with Crippen molar-refractivity contribution >= 4 is 29.4 Å². The Balaban J connectivity index is 1.43. The van der Waals surface area contributed by atoms with Gasteiger partial charge in [-0.15, -0.1) is 11.8 Å². The van der Waals surface area contributed by atoms with Gasteiger partial charge in [0, 0.05) is 36.8 Å². The van der Waals surface area contributed by atoms with Crippen LogP contribution in [0.2, 0.25) is 0 Å². The lowest BCUT2D eigenvalue weighted by atomic mass is 10.3. The maximum Gasteiger partial charge on any atom is 0.321 e. The van der Waals surface area contributed by atoms with Gasteiger partial charge in [-0.1, -0.05) is 18.2 Å². The Labute approximate surface area is 156 Å². The molecular formula is C19H20FN3O2S. The van der Waals surface area contributed by atoms with E-state index < -0.39 is 0 Å². The summed E-state index contributed by atoms with van der Waals surface area (Å²) in [5, 5.41) is 2.86. The van der Waals surface area contributed by atoms with E-state index in [0.717, 1.165) is 10.6 Å². The molecule has 3 rings (SSSR count). The van der Waals surface area contributed by atoms with Gasteiger partial charge in [0.25, 0.3) is 0 Å². The molecule has 26 heavy (non-hydrogen) atoms. The second kappa shape index (κ2) is 8.71. The quantitative estimate of drug-likeness (QED) is 0.837. The molecule has 1 aliphatic rings. The highest BCUT2D eigenvalue weighted by Crippen LogP contribution is 2.19. The van der Waals surface area contributed by atoms with E-state index >= 15 is 0 Å². The zero-order valence-electron chi connectivity index (χ0n) is 14.2. The number of halogens is 1. The fourth-order valence-corrected chi connectivity index (χ4v) is 3.45. The number of rotatable bonds is 4. The number of carbonyl (C=O) groups excluding carboxylic acids is 2. The Kier molecular flexibility index (Phi) is 6.12. The SMILES string of the molecule is O=C(CSc1ccc(F)cc1)N1CCN(C(=O)Nc2ccccc2)CC1. The summed E-state index contributed by atoms with van der Waals surface area (Å²) < 4.78 is 12.9. The van der Waals surface area contributed by atoms with Gasteiger partial charge in [0.2, 0.25) is 5.91 Å². The van der Waals surface area contributed by atoms with Gasteiger partial charge in [0.15, 0.2) is 0 Å². The van der Waals surface area contributed by atoms with E-state index in [1.165, 1.54) is 23.9 Å². The number of hydrogen-bond acceptors (Lipinski definition) is 3. The Bertz CT molecular complexity index is 747. The molecule has 2 aromatic rings. The normalized spacial score (nSPS) is 14.2. The van der Waals surface area contributed by atoms with Crippen LogP contribution in [0.5, 0.6) is 0 Å². The van der Waals surface area contributed by atoms with Gasteiger partial charge in [0.1, 0.15) is 5.82 Å². The standard InChI is InChI=1S/C19H20FN3O2S/c20-15-6-8-17(9-7-15)26-14-18(24)22-10-12-23(13-11-22)19(25)21-16-4-2-1-3-5-16/h1-9H,10-14H2,(H,21,25).